The van der Waals surface area contributed by atoms with Crippen molar-refractivity contribution in [3.05, 3.63) is 76.7 Å². The van der Waals surface area contributed by atoms with Gasteiger partial charge in [-0.1, -0.05) is 54.7 Å². The van der Waals surface area contributed by atoms with Crippen molar-refractivity contribution in [1.82, 2.24) is 15.1 Å². The quantitative estimate of drug-likeness (QED) is 0.489. The third kappa shape index (κ3) is 5.29. The molecule has 0 radical (unpaired) electrons. The number of nitrogens with one attached hydrogen (secondary N) is 1. The maximum atomic E-state index is 13.1. The number of amides is 2. The van der Waals surface area contributed by atoms with Gasteiger partial charge in [0.25, 0.3) is 5.91 Å². The average molecular weight is 479 g/mol. The van der Waals surface area contributed by atoms with Crippen molar-refractivity contribution in [3.63, 3.8) is 0 Å². The van der Waals surface area contributed by atoms with Crippen LogP contribution in [0.15, 0.2) is 66.2 Å². The highest BCUT2D eigenvalue weighted by atomic mass is 32.1. The second-order valence-electron chi connectivity index (χ2n) is 8.24. The van der Waals surface area contributed by atoms with E-state index in [0.717, 1.165) is 16.9 Å². The normalized spacial score (nSPS) is 16.9. The molecule has 0 saturated heterocycles. The SMILES string of the molecule is C[C@@H](C(=O)Nc1nncs1)[C@@H](c1ccc(-c2ccc(C(=O)N(C)C)cc2)s1)C1C=CC=CC1. The molecule has 33 heavy (non-hydrogen) atoms. The minimum Gasteiger partial charge on any atom is -0.345 e. The second-order valence-corrected chi connectivity index (χ2v) is 10.2. The van der Waals surface area contributed by atoms with E-state index < -0.39 is 0 Å². The van der Waals surface area contributed by atoms with Gasteiger partial charge in [0.05, 0.1) is 0 Å². The molecule has 0 fully saturated rings. The van der Waals surface area contributed by atoms with Crippen LogP contribution in [0.2, 0.25) is 0 Å². The molecule has 3 aromatic rings. The van der Waals surface area contributed by atoms with E-state index in [-0.39, 0.29) is 29.6 Å². The Kier molecular flexibility index (Phi) is 7.15. The standard InChI is InChI=1S/C25H26N4O2S2/c1-16(23(30)27-25-28-26-15-32-25)22(18-7-5-4-6-8-18)21-14-13-20(33-21)17-9-11-19(12-10-17)24(31)29(2)3/h4-7,9-16,18,22H,8H2,1-3H3,(H,27,28,30)/t16-,18?,22-/m1/s1. The molecule has 0 bridgehead atoms. The van der Waals surface area contributed by atoms with E-state index in [1.165, 1.54) is 16.2 Å². The maximum absolute atomic E-state index is 13.1. The third-order valence-electron chi connectivity index (χ3n) is 5.80. The molecule has 1 aliphatic carbocycles. The minimum atomic E-state index is -0.248. The molecular formula is C25H26N4O2S2. The summed E-state index contributed by atoms with van der Waals surface area (Å²) in [6.45, 7) is 1.98. The number of aromatic nitrogens is 2. The molecule has 1 aromatic carbocycles. The lowest BCUT2D eigenvalue weighted by Gasteiger charge is -2.29. The van der Waals surface area contributed by atoms with Crippen molar-refractivity contribution in [1.29, 1.82) is 0 Å². The van der Waals surface area contributed by atoms with E-state index in [4.69, 9.17) is 0 Å². The fourth-order valence-electron chi connectivity index (χ4n) is 4.03. The Morgan fingerprint density at radius 3 is 2.55 bits per heavy atom. The first-order chi connectivity index (χ1) is 15.9. The molecule has 6 nitrogen and oxygen atoms in total. The van der Waals surface area contributed by atoms with Crippen molar-refractivity contribution in [3.8, 4) is 10.4 Å². The fourth-order valence-corrected chi connectivity index (χ4v) is 5.77. The maximum Gasteiger partial charge on any atom is 0.253 e. The first-order valence-electron chi connectivity index (χ1n) is 10.8. The molecule has 2 amide bonds. The van der Waals surface area contributed by atoms with Crippen molar-refractivity contribution in [2.45, 2.75) is 19.3 Å². The summed E-state index contributed by atoms with van der Waals surface area (Å²) in [6, 6.07) is 11.9. The van der Waals surface area contributed by atoms with Crippen LogP contribution in [0.5, 0.6) is 0 Å². The molecule has 2 heterocycles. The van der Waals surface area contributed by atoms with Gasteiger partial charge in [0.2, 0.25) is 11.0 Å². The Morgan fingerprint density at radius 2 is 1.91 bits per heavy atom. The predicted octanol–water partition coefficient (Wildman–Crippen LogP) is 5.46. The van der Waals surface area contributed by atoms with Gasteiger partial charge in [0.15, 0.2) is 0 Å². The van der Waals surface area contributed by atoms with Gasteiger partial charge in [0, 0.05) is 41.2 Å². The zero-order valence-corrected chi connectivity index (χ0v) is 20.4. The van der Waals surface area contributed by atoms with Gasteiger partial charge in [0.1, 0.15) is 5.51 Å². The monoisotopic (exact) mass is 478 g/mol. The summed E-state index contributed by atoms with van der Waals surface area (Å²) >= 11 is 3.02. The van der Waals surface area contributed by atoms with Gasteiger partial charge in [-0.2, -0.15) is 0 Å². The molecule has 1 aliphatic rings. The van der Waals surface area contributed by atoms with Crippen LogP contribution in [0.1, 0.15) is 34.5 Å². The first-order valence-corrected chi connectivity index (χ1v) is 12.5. The van der Waals surface area contributed by atoms with E-state index in [9.17, 15) is 9.59 Å². The highest BCUT2D eigenvalue weighted by Crippen LogP contribution is 2.42. The van der Waals surface area contributed by atoms with Crippen LogP contribution in [0.4, 0.5) is 5.13 Å². The first kappa shape index (κ1) is 23.1. The summed E-state index contributed by atoms with van der Waals surface area (Å²) in [5.74, 6) is -0.0482. The van der Waals surface area contributed by atoms with Gasteiger partial charge in [-0.05, 0) is 42.2 Å². The van der Waals surface area contributed by atoms with Crippen LogP contribution in [-0.2, 0) is 4.79 Å². The minimum absolute atomic E-state index is 0.0131. The molecule has 1 N–H and O–H groups in total. The lowest BCUT2D eigenvalue weighted by molar-refractivity contribution is -0.120. The van der Waals surface area contributed by atoms with Gasteiger partial charge in [-0.3, -0.25) is 9.59 Å². The van der Waals surface area contributed by atoms with E-state index >= 15 is 0 Å². The third-order valence-corrected chi connectivity index (χ3v) is 7.64. The Labute approximate surface area is 201 Å². The summed E-state index contributed by atoms with van der Waals surface area (Å²) in [5.41, 5.74) is 3.33. The lowest BCUT2D eigenvalue weighted by Crippen LogP contribution is -2.29. The van der Waals surface area contributed by atoms with Gasteiger partial charge in [-0.15, -0.1) is 21.5 Å². The summed E-state index contributed by atoms with van der Waals surface area (Å²) in [6.07, 6.45) is 9.36. The van der Waals surface area contributed by atoms with Crippen LogP contribution in [0, 0.1) is 11.8 Å². The summed E-state index contributed by atoms with van der Waals surface area (Å²) < 4.78 is 0. The fraction of sp³-hybridized carbons (Fsp3) is 0.280. The number of anilines is 1. The zero-order valence-electron chi connectivity index (χ0n) is 18.8. The van der Waals surface area contributed by atoms with Gasteiger partial charge in [-0.25, -0.2) is 0 Å². The van der Waals surface area contributed by atoms with Crippen molar-refractivity contribution in [2.24, 2.45) is 11.8 Å². The Morgan fingerprint density at radius 1 is 1.12 bits per heavy atom. The largest absolute Gasteiger partial charge is 0.345 e. The summed E-state index contributed by atoms with van der Waals surface area (Å²) in [7, 11) is 3.50. The molecule has 0 saturated carbocycles. The van der Waals surface area contributed by atoms with E-state index in [1.54, 1.807) is 35.8 Å². The molecule has 1 unspecified atom stereocenters. The number of benzene rings is 1. The Balaban J connectivity index is 1.59. The molecule has 170 valence electrons. The topological polar surface area (TPSA) is 75.2 Å². The summed E-state index contributed by atoms with van der Waals surface area (Å²) in [4.78, 5) is 29.1. The van der Waals surface area contributed by atoms with Crippen molar-refractivity contribution < 1.29 is 9.59 Å². The number of hydrogen-bond donors (Lipinski definition) is 1. The number of hydrogen-bond acceptors (Lipinski definition) is 6. The van der Waals surface area contributed by atoms with Gasteiger partial charge >= 0.3 is 0 Å². The number of nitrogens with zero attached hydrogens (tertiary/aromatic N) is 3. The van der Waals surface area contributed by atoms with Crippen molar-refractivity contribution >= 4 is 39.6 Å². The molecule has 0 aliphatic heterocycles. The molecule has 2 aromatic heterocycles. The van der Waals surface area contributed by atoms with E-state index in [2.05, 4.69) is 52.0 Å². The zero-order chi connectivity index (χ0) is 23.4. The van der Waals surface area contributed by atoms with Gasteiger partial charge < -0.3 is 10.2 Å². The molecule has 4 rings (SSSR count). The van der Waals surface area contributed by atoms with E-state index in [1.807, 2.05) is 31.2 Å². The van der Waals surface area contributed by atoms with Crippen LogP contribution in [-0.4, -0.2) is 41.0 Å². The Hall–Kier alpha value is -3.10. The number of carbonyl (C=O) groups is 2. The molecule has 0 spiro atoms. The number of thiophene rings is 1. The van der Waals surface area contributed by atoms with Crippen LogP contribution < -0.4 is 5.32 Å². The highest BCUT2D eigenvalue weighted by molar-refractivity contribution is 7.15. The van der Waals surface area contributed by atoms with Crippen LogP contribution in [0.25, 0.3) is 10.4 Å². The van der Waals surface area contributed by atoms with E-state index in [0.29, 0.717) is 10.7 Å². The molecule has 8 heteroatoms. The number of allylic oxidation sites excluding steroid dienone is 4. The molecular weight excluding hydrogens is 452 g/mol. The van der Waals surface area contributed by atoms with Crippen LogP contribution in [0.3, 0.4) is 0 Å². The smallest absolute Gasteiger partial charge is 0.253 e. The Bertz CT molecular complexity index is 1160. The average Bonchev–Trinajstić information content (AvgIpc) is 3.52. The second kappa shape index (κ2) is 10.2. The van der Waals surface area contributed by atoms with Crippen LogP contribution >= 0.6 is 22.7 Å². The summed E-state index contributed by atoms with van der Waals surface area (Å²) in [5, 5.41) is 11.2. The highest BCUT2D eigenvalue weighted by Gasteiger charge is 2.33. The predicted molar refractivity (Wildman–Crippen MR) is 135 cm³/mol. The molecule has 3 atom stereocenters. The number of carbonyl (C=O) groups excluding carboxylic acids is 2. The number of rotatable bonds is 7. The lowest BCUT2D eigenvalue weighted by atomic mass is 9.78. The van der Waals surface area contributed by atoms with Crippen molar-refractivity contribution in [2.75, 3.05) is 19.4 Å².